The number of alkyl halides is 3. The number of esters is 1. The number of nitrogens with zero attached hydrogens (tertiary/aromatic N) is 5. The van der Waals surface area contributed by atoms with Gasteiger partial charge in [-0.3, -0.25) is 19.6 Å². The van der Waals surface area contributed by atoms with Crippen molar-refractivity contribution < 1.29 is 37.0 Å². The summed E-state index contributed by atoms with van der Waals surface area (Å²) in [5, 5.41) is 7.24. The maximum atomic E-state index is 14.0. The molecule has 0 unspecified atom stereocenters. The van der Waals surface area contributed by atoms with E-state index in [0.717, 1.165) is 39.0 Å². The number of carbonyl (C=O) groups excluding carboxylic acids is 3. The number of nitrogens with one attached hydrogen (secondary N) is 2. The topological polar surface area (TPSA) is 131 Å². The Hall–Kier alpha value is -4.54. The summed E-state index contributed by atoms with van der Waals surface area (Å²) in [6, 6.07) is 5.16. The minimum atomic E-state index is -4.58. The van der Waals surface area contributed by atoms with E-state index in [4.69, 9.17) is 19.4 Å². The quantitative estimate of drug-likeness (QED) is 0.222. The Morgan fingerprint density at radius 2 is 2.00 bits per heavy atom. The van der Waals surface area contributed by atoms with Gasteiger partial charge in [0.2, 0.25) is 0 Å². The van der Waals surface area contributed by atoms with Crippen LogP contribution < -0.4 is 10.7 Å². The zero-order chi connectivity index (χ0) is 39.2. The second-order valence-corrected chi connectivity index (χ2v) is 16.2. The first-order chi connectivity index (χ1) is 26.2. The van der Waals surface area contributed by atoms with E-state index in [9.17, 15) is 27.6 Å². The van der Waals surface area contributed by atoms with Gasteiger partial charge in [0, 0.05) is 72.2 Å². The highest BCUT2D eigenvalue weighted by Crippen LogP contribution is 2.42. The van der Waals surface area contributed by atoms with Crippen molar-refractivity contribution in [3.8, 4) is 22.5 Å². The molecule has 3 aliphatic rings. The molecule has 3 amide bonds. The highest BCUT2D eigenvalue weighted by atomic mass is 32.1. The number of hydrogen-bond acceptors (Lipinski definition) is 9. The number of likely N-dealkylation sites (tertiary alicyclic amines) is 1. The molecule has 55 heavy (non-hydrogen) atoms. The molecule has 0 radical (unpaired) electrons. The van der Waals surface area contributed by atoms with Crippen LogP contribution in [0.1, 0.15) is 69.3 Å². The average Bonchev–Trinajstić information content (AvgIpc) is 3.73. The molecule has 7 rings (SSSR count). The lowest BCUT2D eigenvalue weighted by Crippen LogP contribution is -2.65. The van der Waals surface area contributed by atoms with Gasteiger partial charge in [0.15, 0.2) is 0 Å². The van der Waals surface area contributed by atoms with Gasteiger partial charge in [-0.05, 0) is 69.4 Å². The van der Waals surface area contributed by atoms with Crippen molar-refractivity contribution >= 4 is 40.1 Å². The van der Waals surface area contributed by atoms with Crippen molar-refractivity contribution in [3.63, 3.8) is 0 Å². The molecule has 2 fully saturated rings. The number of hydrazine groups is 1. The Labute approximate surface area is 321 Å². The summed E-state index contributed by atoms with van der Waals surface area (Å²) in [4.78, 5) is 51.2. The number of carbonyl (C=O) groups is 3. The summed E-state index contributed by atoms with van der Waals surface area (Å²) in [6.07, 6.45) is -1.93. The number of halogens is 3. The van der Waals surface area contributed by atoms with Crippen LogP contribution in [0, 0.1) is 5.41 Å². The summed E-state index contributed by atoms with van der Waals surface area (Å²) < 4.78 is 54.8. The molecule has 0 aliphatic carbocycles. The van der Waals surface area contributed by atoms with Crippen LogP contribution in [0.5, 0.6) is 0 Å². The molecule has 6 bridgehead atoms. The van der Waals surface area contributed by atoms with Crippen LogP contribution in [0.15, 0.2) is 41.9 Å². The summed E-state index contributed by atoms with van der Waals surface area (Å²) in [7, 11) is 1.66. The number of fused-ring (bicyclic) bond motifs is 6. The van der Waals surface area contributed by atoms with Crippen LogP contribution in [0.25, 0.3) is 33.4 Å². The molecule has 2 saturated heterocycles. The number of benzene rings is 1. The van der Waals surface area contributed by atoms with E-state index >= 15 is 0 Å². The van der Waals surface area contributed by atoms with Gasteiger partial charge < -0.3 is 24.3 Å². The lowest BCUT2D eigenvalue weighted by atomic mass is 9.84. The molecule has 0 saturated carbocycles. The molecule has 3 aromatic heterocycles. The smallest absolute Gasteiger partial charge is 0.408 e. The van der Waals surface area contributed by atoms with Crippen molar-refractivity contribution in [1.82, 2.24) is 35.2 Å². The van der Waals surface area contributed by atoms with Gasteiger partial charge in [-0.2, -0.15) is 13.2 Å². The molecule has 3 aliphatic heterocycles. The van der Waals surface area contributed by atoms with E-state index in [0.29, 0.717) is 41.4 Å². The van der Waals surface area contributed by atoms with Crippen molar-refractivity contribution in [2.75, 3.05) is 26.8 Å². The predicted molar refractivity (Wildman–Crippen MR) is 201 cm³/mol. The molecule has 16 heteroatoms. The number of urea groups is 1. The van der Waals surface area contributed by atoms with Crippen LogP contribution in [0.3, 0.4) is 0 Å². The standard InChI is InChI=1S/C39H46F3N7O5S/c1-6-47-30-12-11-23-17-25(30)26(34(47)24-9-7-14-43-33(24)22(2)53-5)19-38(3,4)21-54-36(51)27-10-8-15-49(46-27)35(50)28(18-32-44-29(23)20-55-32)45-37(52)48-16-13-31(48)39(40,41)42/h7,9,11-12,14,17,20,22,27-28,31,46H,6,8,10,13,15-16,18-19,21H2,1-5H3,(H,45,52)/t22-,27-,28-,31-/m0/s1. The monoisotopic (exact) mass is 781 g/mol. The van der Waals surface area contributed by atoms with Crippen LogP contribution in [0.4, 0.5) is 18.0 Å². The number of cyclic esters (lactones) is 1. The minimum absolute atomic E-state index is 0.0629. The van der Waals surface area contributed by atoms with Crippen LogP contribution in [-0.4, -0.2) is 93.5 Å². The first kappa shape index (κ1) is 38.7. The number of aryl methyl sites for hydroxylation is 1. The summed E-state index contributed by atoms with van der Waals surface area (Å²) in [5.74, 6) is -1.10. The van der Waals surface area contributed by atoms with Crippen molar-refractivity contribution in [2.45, 2.75) is 96.7 Å². The average molecular weight is 782 g/mol. The molecule has 0 spiro atoms. The van der Waals surface area contributed by atoms with E-state index in [-0.39, 0.29) is 38.6 Å². The van der Waals surface area contributed by atoms with Gasteiger partial charge in [0.05, 0.1) is 34.8 Å². The Morgan fingerprint density at radius 3 is 2.71 bits per heavy atom. The normalized spacial score (nSPS) is 22.5. The van der Waals surface area contributed by atoms with E-state index in [1.165, 1.54) is 16.3 Å². The van der Waals surface area contributed by atoms with Gasteiger partial charge in [-0.1, -0.05) is 19.9 Å². The predicted octanol–water partition coefficient (Wildman–Crippen LogP) is 6.43. The lowest BCUT2D eigenvalue weighted by Gasteiger charge is -2.42. The maximum absolute atomic E-state index is 14.0. The van der Waals surface area contributed by atoms with Crippen molar-refractivity contribution in [1.29, 1.82) is 0 Å². The fraction of sp³-hybridized carbons (Fsp3) is 0.513. The van der Waals surface area contributed by atoms with Crippen molar-refractivity contribution in [2.24, 2.45) is 5.41 Å². The molecule has 4 aromatic rings. The van der Waals surface area contributed by atoms with Gasteiger partial charge >= 0.3 is 18.2 Å². The van der Waals surface area contributed by atoms with Crippen LogP contribution in [0.2, 0.25) is 0 Å². The first-order valence-electron chi connectivity index (χ1n) is 18.6. The number of rotatable bonds is 5. The molecule has 294 valence electrons. The van der Waals surface area contributed by atoms with Crippen LogP contribution in [-0.2, 0) is 38.4 Å². The number of amides is 3. The number of pyridine rings is 1. The maximum Gasteiger partial charge on any atom is 0.408 e. The molecule has 4 atom stereocenters. The highest BCUT2D eigenvalue weighted by Gasteiger charge is 2.51. The first-order valence-corrected chi connectivity index (χ1v) is 19.5. The second kappa shape index (κ2) is 15.2. The van der Waals surface area contributed by atoms with E-state index < -0.39 is 47.6 Å². The van der Waals surface area contributed by atoms with E-state index in [2.05, 4.69) is 54.3 Å². The number of ether oxygens (including phenoxy) is 2. The molecular formula is C39H46F3N7O5S. The Morgan fingerprint density at radius 1 is 1.20 bits per heavy atom. The van der Waals surface area contributed by atoms with Crippen molar-refractivity contribution in [3.05, 3.63) is 58.2 Å². The van der Waals surface area contributed by atoms with Gasteiger partial charge in [-0.15, -0.1) is 11.3 Å². The second-order valence-electron chi connectivity index (χ2n) is 15.3. The Bertz CT molecular complexity index is 2100. The fourth-order valence-corrected chi connectivity index (χ4v) is 8.62. The zero-order valence-electron chi connectivity index (χ0n) is 31.5. The fourth-order valence-electron chi connectivity index (χ4n) is 7.77. The third kappa shape index (κ3) is 7.68. The Balaban J connectivity index is 1.33. The highest BCUT2D eigenvalue weighted by molar-refractivity contribution is 7.10. The van der Waals surface area contributed by atoms with Gasteiger partial charge in [0.1, 0.15) is 18.1 Å². The Kier molecular flexibility index (Phi) is 10.7. The number of aromatic nitrogens is 3. The SMILES string of the molecule is CCn1c(-c2cccnc2[C@H](C)OC)c2c3cc(ccc31)-c1csc(n1)C[C@H](NC(=O)N1CC[C@H]1C(F)(F)F)C(=O)N1CCC[C@H](N1)C(=O)OCC(C)(C)C2. The largest absolute Gasteiger partial charge is 0.464 e. The lowest BCUT2D eigenvalue weighted by molar-refractivity contribution is -0.199. The molecule has 12 nitrogen and oxygen atoms in total. The zero-order valence-corrected chi connectivity index (χ0v) is 32.4. The number of hydrogen-bond donors (Lipinski definition) is 2. The van der Waals surface area contributed by atoms with Crippen LogP contribution >= 0.6 is 11.3 Å². The van der Waals surface area contributed by atoms with E-state index in [1.807, 2.05) is 24.4 Å². The van der Waals surface area contributed by atoms with Gasteiger partial charge in [-0.25, -0.2) is 15.2 Å². The summed E-state index contributed by atoms with van der Waals surface area (Å²) in [5.41, 5.74) is 8.78. The number of methoxy groups -OCH3 is 1. The molecular weight excluding hydrogens is 736 g/mol. The summed E-state index contributed by atoms with van der Waals surface area (Å²) >= 11 is 1.30. The number of thiazole rings is 1. The minimum Gasteiger partial charge on any atom is -0.464 e. The third-order valence-electron chi connectivity index (χ3n) is 10.8. The van der Waals surface area contributed by atoms with Gasteiger partial charge in [0.25, 0.3) is 5.91 Å². The third-order valence-corrected chi connectivity index (χ3v) is 11.7. The summed E-state index contributed by atoms with van der Waals surface area (Å²) in [6.45, 7) is 9.08. The molecule has 2 N–H and O–H groups in total. The molecule has 1 aromatic carbocycles. The molecule has 6 heterocycles. The van der Waals surface area contributed by atoms with E-state index in [1.54, 1.807) is 13.3 Å².